The average molecular weight is 311 g/mol. The first-order valence-corrected chi connectivity index (χ1v) is 7.97. The molecule has 0 spiro atoms. The summed E-state index contributed by atoms with van der Waals surface area (Å²) in [6.07, 6.45) is -0.388. The Bertz CT molecular complexity index is 643. The quantitative estimate of drug-likeness (QED) is 0.492. The molecule has 3 rings (SSSR count). The summed E-state index contributed by atoms with van der Waals surface area (Å²) in [6, 6.07) is 16.5. The summed E-state index contributed by atoms with van der Waals surface area (Å²) in [4.78, 5) is 5.54. The zero-order chi connectivity index (χ0) is 16.1. The zero-order valence-corrected chi connectivity index (χ0v) is 13.5. The van der Waals surface area contributed by atoms with Crippen molar-refractivity contribution in [3.8, 4) is 11.1 Å². The topological polar surface area (TPSA) is 40.0 Å². The molecule has 23 heavy (non-hydrogen) atoms. The van der Waals surface area contributed by atoms with E-state index in [2.05, 4.69) is 29.4 Å². The highest BCUT2D eigenvalue weighted by molar-refractivity contribution is 6.24. The number of benzene rings is 2. The molecule has 0 saturated carbocycles. The maximum atomic E-state index is 5.54. The van der Waals surface area contributed by atoms with Gasteiger partial charge in [0.1, 0.15) is 5.71 Å². The molecule has 0 fully saturated rings. The molecule has 0 heterocycles. The van der Waals surface area contributed by atoms with Gasteiger partial charge in [0.05, 0.1) is 0 Å². The van der Waals surface area contributed by atoms with E-state index in [1.54, 1.807) is 0 Å². The molecule has 2 aromatic carbocycles. The molecule has 2 aromatic rings. The van der Waals surface area contributed by atoms with E-state index in [9.17, 15) is 0 Å². The second kappa shape index (κ2) is 7.40. The van der Waals surface area contributed by atoms with Crippen LogP contribution in [0.3, 0.4) is 0 Å². The van der Waals surface area contributed by atoms with E-state index in [1.165, 1.54) is 11.1 Å². The largest absolute Gasteiger partial charge is 0.390 e. The normalized spacial score (nSPS) is 12.2. The minimum Gasteiger partial charge on any atom is -0.390 e. The Kier molecular flexibility index (Phi) is 5.05. The van der Waals surface area contributed by atoms with Crippen molar-refractivity contribution in [1.29, 1.82) is 0 Å². The fraction of sp³-hybridized carbons (Fsp3) is 0.316. The zero-order valence-electron chi connectivity index (χ0n) is 13.5. The van der Waals surface area contributed by atoms with Crippen molar-refractivity contribution in [3.05, 3.63) is 59.7 Å². The summed E-state index contributed by atoms with van der Waals surface area (Å²) < 4.78 is 10.9. The number of oxime groups is 1. The van der Waals surface area contributed by atoms with Crippen LogP contribution in [0.25, 0.3) is 11.1 Å². The van der Waals surface area contributed by atoms with Gasteiger partial charge < -0.3 is 14.3 Å². The monoisotopic (exact) mass is 311 g/mol. The predicted octanol–water partition coefficient (Wildman–Crippen LogP) is 3.84. The highest BCUT2D eigenvalue weighted by Gasteiger charge is 2.24. The molecule has 0 radical (unpaired) electrons. The molecule has 0 atom stereocenters. The van der Waals surface area contributed by atoms with Crippen LogP contribution in [0.4, 0.5) is 0 Å². The smallest absolute Gasteiger partial charge is 0.194 e. The van der Waals surface area contributed by atoms with Crippen molar-refractivity contribution in [2.75, 3.05) is 19.8 Å². The molecule has 0 amide bonds. The maximum Gasteiger partial charge on any atom is 0.194 e. The molecule has 0 N–H and O–H groups in total. The summed E-state index contributed by atoms with van der Waals surface area (Å²) >= 11 is 0. The van der Waals surface area contributed by atoms with Crippen molar-refractivity contribution in [2.24, 2.45) is 5.16 Å². The van der Waals surface area contributed by atoms with Gasteiger partial charge in [0, 0.05) is 24.3 Å². The van der Waals surface area contributed by atoms with Crippen LogP contribution in [0, 0.1) is 0 Å². The Morgan fingerprint density at radius 2 is 1.26 bits per heavy atom. The summed E-state index contributed by atoms with van der Waals surface area (Å²) in [6.45, 7) is 5.30. The van der Waals surface area contributed by atoms with Gasteiger partial charge in [-0.15, -0.1) is 0 Å². The van der Waals surface area contributed by atoms with Crippen LogP contribution < -0.4 is 0 Å². The van der Waals surface area contributed by atoms with Gasteiger partial charge in [0.15, 0.2) is 12.9 Å². The van der Waals surface area contributed by atoms with Gasteiger partial charge in [-0.05, 0) is 25.0 Å². The molecule has 120 valence electrons. The maximum absolute atomic E-state index is 5.54. The number of hydrogen-bond donors (Lipinski definition) is 0. The van der Waals surface area contributed by atoms with Crippen molar-refractivity contribution < 1.29 is 14.3 Å². The highest BCUT2D eigenvalue weighted by atomic mass is 16.7. The van der Waals surface area contributed by atoms with Gasteiger partial charge in [-0.3, -0.25) is 0 Å². The highest BCUT2D eigenvalue weighted by Crippen LogP contribution is 2.36. The molecule has 4 nitrogen and oxygen atoms in total. The van der Waals surface area contributed by atoms with Gasteiger partial charge >= 0.3 is 0 Å². The van der Waals surface area contributed by atoms with Crippen LogP contribution in [-0.4, -0.2) is 31.8 Å². The molecular formula is C19H21NO3. The Balaban J connectivity index is 1.82. The Morgan fingerprint density at radius 3 is 1.74 bits per heavy atom. The lowest BCUT2D eigenvalue weighted by molar-refractivity contribution is -0.167. The van der Waals surface area contributed by atoms with Crippen molar-refractivity contribution in [3.63, 3.8) is 0 Å². The molecule has 1 aliphatic carbocycles. The minimum atomic E-state index is -0.388. The van der Waals surface area contributed by atoms with Crippen LogP contribution in [0.5, 0.6) is 0 Å². The van der Waals surface area contributed by atoms with Gasteiger partial charge in [0.25, 0.3) is 0 Å². The molecule has 1 aliphatic rings. The van der Waals surface area contributed by atoms with Gasteiger partial charge in [-0.2, -0.15) is 0 Å². The number of ether oxygens (including phenoxy) is 2. The van der Waals surface area contributed by atoms with Crippen molar-refractivity contribution >= 4 is 5.71 Å². The Labute approximate surface area is 136 Å². The third-order valence-electron chi connectivity index (χ3n) is 3.73. The summed E-state index contributed by atoms with van der Waals surface area (Å²) in [7, 11) is 0. The van der Waals surface area contributed by atoms with Crippen LogP contribution in [0.15, 0.2) is 53.7 Å². The van der Waals surface area contributed by atoms with Gasteiger partial charge in [0.2, 0.25) is 0 Å². The first kappa shape index (κ1) is 15.7. The minimum absolute atomic E-state index is 0.273. The fourth-order valence-corrected chi connectivity index (χ4v) is 2.77. The van der Waals surface area contributed by atoms with Crippen molar-refractivity contribution in [2.45, 2.75) is 20.1 Å². The third kappa shape index (κ3) is 3.28. The molecular weight excluding hydrogens is 290 g/mol. The average Bonchev–Trinajstić information content (AvgIpc) is 2.90. The number of hydrogen-bond acceptors (Lipinski definition) is 4. The van der Waals surface area contributed by atoms with Gasteiger partial charge in [-0.25, -0.2) is 0 Å². The number of fused-ring (bicyclic) bond motifs is 3. The summed E-state index contributed by atoms with van der Waals surface area (Å²) in [5.74, 6) is 0. The first-order valence-electron chi connectivity index (χ1n) is 7.97. The lowest BCUT2D eigenvalue weighted by Gasteiger charge is -2.15. The Hall–Kier alpha value is -2.17. The summed E-state index contributed by atoms with van der Waals surface area (Å²) in [5, 5.41) is 4.37. The molecule has 0 aromatic heterocycles. The van der Waals surface area contributed by atoms with Crippen LogP contribution in [0.2, 0.25) is 0 Å². The van der Waals surface area contributed by atoms with E-state index in [1.807, 2.05) is 38.1 Å². The van der Waals surface area contributed by atoms with Gasteiger partial charge in [-0.1, -0.05) is 53.7 Å². The molecule has 0 aliphatic heterocycles. The second-order valence-electron chi connectivity index (χ2n) is 5.17. The van der Waals surface area contributed by atoms with Crippen LogP contribution >= 0.6 is 0 Å². The van der Waals surface area contributed by atoms with E-state index in [4.69, 9.17) is 14.3 Å². The fourth-order valence-electron chi connectivity index (χ4n) is 2.77. The van der Waals surface area contributed by atoms with E-state index in [0.717, 1.165) is 16.8 Å². The standard InChI is InChI=1S/C19H21NO3/c1-3-21-18(22-4-2)13-23-20-19-16-11-7-5-9-14(16)15-10-6-8-12-17(15)19/h5-12,18H,3-4,13H2,1-2H3. The van der Waals surface area contributed by atoms with Crippen LogP contribution in [-0.2, 0) is 14.3 Å². The molecule has 0 bridgehead atoms. The molecule has 4 heteroatoms. The van der Waals surface area contributed by atoms with Crippen molar-refractivity contribution in [1.82, 2.24) is 0 Å². The number of nitrogens with zero attached hydrogens (tertiary/aromatic N) is 1. The SMILES string of the molecule is CCOC(CON=C1c2ccccc2-c2ccccc21)OCC. The first-order chi connectivity index (χ1) is 11.3. The van der Waals surface area contributed by atoms with E-state index in [0.29, 0.717) is 13.2 Å². The predicted molar refractivity (Wildman–Crippen MR) is 90.5 cm³/mol. The summed E-state index contributed by atoms with van der Waals surface area (Å²) in [5.41, 5.74) is 5.44. The second-order valence-corrected chi connectivity index (χ2v) is 5.17. The van der Waals surface area contributed by atoms with Crippen LogP contribution in [0.1, 0.15) is 25.0 Å². The molecule has 0 unspecified atom stereocenters. The third-order valence-corrected chi connectivity index (χ3v) is 3.73. The van der Waals surface area contributed by atoms with E-state index < -0.39 is 0 Å². The van der Waals surface area contributed by atoms with E-state index in [-0.39, 0.29) is 12.9 Å². The lowest BCUT2D eigenvalue weighted by atomic mass is 10.1. The lowest BCUT2D eigenvalue weighted by Crippen LogP contribution is -2.22. The number of rotatable bonds is 7. The Morgan fingerprint density at radius 1 is 0.783 bits per heavy atom. The molecule has 0 saturated heterocycles. The van der Waals surface area contributed by atoms with E-state index >= 15 is 0 Å².